The van der Waals surface area contributed by atoms with E-state index in [-0.39, 0.29) is 29.1 Å². The van der Waals surface area contributed by atoms with Gasteiger partial charge in [-0.3, -0.25) is 14.4 Å². The predicted molar refractivity (Wildman–Crippen MR) is 97.7 cm³/mol. The van der Waals surface area contributed by atoms with Crippen LogP contribution in [0, 0.1) is 11.7 Å². The van der Waals surface area contributed by atoms with Crippen molar-refractivity contribution in [3.05, 3.63) is 29.0 Å². The summed E-state index contributed by atoms with van der Waals surface area (Å²) in [4.78, 5) is 38.6. The van der Waals surface area contributed by atoms with Crippen LogP contribution in [0.25, 0.3) is 0 Å². The van der Waals surface area contributed by atoms with Crippen molar-refractivity contribution in [3.63, 3.8) is 0 Å². The Kier molecular flexibility index (Phi) is 5.99. The van der Waals surface area contributed by atoms with Crippen molar-refractivity contribution in [3.8, 4) is 0 Å². The second-order valence-electron chi connectivity index (χ2n) is 7.08. The number of carbonyl (C=O) groups is 3. The number of amides is 2. The lowest BCUT2D eigenvalue weighted by molar-refractivity contribution is -0.157. The van der Waals surface area contributed by atoms with Crippen molar-refractivity contribution in [1.29, 1.82) is 0 Å². The molecule has 3 rings (SSSR count). The van der Waals surface area contributed by atoms with Crippen LogP contribution in [0.5, 0.6) is 0 Å². The zero-order valence-electron chi connectivity index (χ0n) is 15.0. The van der Waals surface area contributed by atoms with Crippen molar-refractivity contribution in [1.82, 2.24) is 4.90 Å². The molecule has 0 unspecified atom stereocenters. The minimum atomic E-state index is -1.06. The zero-order valence-corrected chi connectivity index (χ0v) is 15.8. The molecule has 0 spiro atoms. The quantitative estimate of drug-likeness (QED) is 0.776. The molecular weight excluding hydrogens is 375 g/mol. The molecule has 27 heavy (non-hydrogen) atoms. The third-order valence-electron chi connectivity index (χ3n) is 5.11. The summed E-state index contributed by atoms with van der Waals surface area (Å²) in [6.45, 7) is 1.79. The van der Waals surface area contributed by atoms with Crippen LogP contribution in [0.15, 0.2) is 18.2 Å². The molecule has 8 heteroatoms. The van der Waals surface area contributed by atoms with Crippen LogP contribution in [-0.2, 0) is 19.1 Å². The number of nitrogens with zero attached hydrogens (tertiary/aromatic N) is 1. The molecule has 2 aliphatic rings. The van der Waals surface area contributed by atoms with Crippen LogP contribution in [-0.4, -0.2) is 41.4 Å². The number of hydrogen-bond donors (Lipinski definition) is 1. The van der Waals surface area contributed by atoms with Crippen LogP contribution in [0.3, 0.4) is 0 Å². The Balaban J connectivity index is 1.54. The molecular formula is C19H22ClFN2O4. The van der Waals surface area contributed by atoms with Gasteiger partial charge in [0, 0.05) is 19.0 Å². The van der Waals surface area contributed by atoms with Crippen molar-refractivity contribution < 1.29 is 23.5 Å². The Morgan fingerprint density at radius 2 is 2.04 bits per heavy atom. The molecule has 0 bridgehead atoms. The maximum atomic E-state index is 13.1. The van der Waals surface area contributed by atoms with E-state index in [1.807, 2.05) is 0 Å². The number of esters is 1. The van der Waals surface area contributed by atoms with Gasteiger partial charge in [-0.1, -0.05) is 24.4 Å². The van der Waals surface area contributed by atoms with E-state index in [9.17, 15) is 18.8 Å². The minimum absolute atomic E-state index is 0.0287. The molecule has 2 amide bonds. The summed E-state index contributed by atoms with van der Waals surface area (Å²) in [5.41, 5.74) is 0.231. The van der Waals surface area contributed by atoms with Crippen LogP contribution < -0.4 is 5.32 Å². The summed E-state index contributed by atoms with van der Waals surface area (Å²) >= 11 is 5.88. The normalized spacial score (nSPS) is 21.4. The smallest absolute Gasteiger partial charge is 0.312 e. The first-order valence-corrected chi connectivity index (χ1v) is 9.49. The molecule has 146 valence electrons. The van der Waals surface area contributed by atoms with E-state index in [0.29, 0.717) is 6.54 Å². The number of nitrogens with one attached hydrogen (secondary N) is 1. The Labute approximate surface area is 162 Å². The second-order valence-corrected chi connectivity index (χ2v) is 7.49. The SMILES string of the molecule is C[C@H](OC(=O)[C@@H]1CC(=O)N(C2CCCC2)C1)C(=O)Nc1ccc(F)cc1Cl. The number of carbonyl (C=O) groups excluding carboxylic acids is 3. The summed E-state index contributed by atoms with van der Waals surface area (Å²) in [6.07, 6.45) is 3.22. The number of halogens is 2. The number of hydrogen-bond acceptors (Lipinski definition) is 4. The van der Waals surface area contributed by atoms with Gasteiger partial charge in [-0.15, -0.1) is 0 Å². The molecule has 1 N–H and O–H groups in total. The molecule has 1 aromatic rings. The van der Waals surface area contributed by atoms with E-state index in [0.717, 1.165) is 31.7 Å². The minimum Gasteiger partial charge on any atom is -0.452 e. The standard InChI is InChI=1S/C19H22ClFN2O4/c1-11(18(25)22-16-7-6-13(21)9-15(16)20)27-19(26)12-8-17(24)23(10-12)14-4-2-3-5-14/h6-7,9,11-12,14H,2-5,8,10H2,1H3,(H,22,25)/t11-,12+/m0/s1. The van der Waals surface area contributed by atoms with Crippen LogP contribution in [0.1, 0.15) is 39.0 Å². The van der Waals surface area contributed by atoms with Gasteiger partial charge in [-0.2, -0.15) is 0 Å². The number of anilines is 1. The average molecular weight is 397 g/mol. The van der Waals surface area contributed by atoms with Crippen molar-refractivity contribution in [2.45, 2.75) is 51.2 Å². The number of rotatable bonds is 5. The first-order valence-electron chi connectivity index (χ1n) is 9.11. The third kappa shape index (κ3) is 4.58. The highest BCUT2D eigenvalue weighted by molar-refractivity contribution is 6.33. The second kappa shape index (κ2) is 8.25. The van der Waals surface area contributed by atoms with E-state index in [2.05, 4.69) is 5.32 Å². The number of ether oxygens (including phenoxy) is 1. The maximum absolute atomic E-state index is 13.1. The van der Waals surface area contributed by atoms with E-state index in [1.165, 1.54) is 19.1 Å². The van der Waals surface area contributed by atoms with E-state index in [4.69, 9.17) is 16.3 Å². The molecule has 1 saturated carbocycles. The number of likely N-dealkylation sites (tertiary alicyclic amines) is 1. The monoisotopic (exact) mass is 396 g/mol. The van der Waals surface area contributed by atoms with Crippen LogP contribution >= 0.6 is 11.6 Å². The van der Waals surface area contributed by atoms with Gasteiger partial charge in [-0.05, 0) is 38.0 Å². The molecule has 1 aromatic carbocycles. The highest BCUT2D eigenvalue weighted by atomic mass is 35.5. The lowest BCUT2D eigenvalue weighted by Gasteiger charge is -2.24. The average Bonchev–Trinajstić information content (AvgIpc) is 3.26. The Morgan fingerprint density at radius 1 is 1.33 bits per heavy atom. The fourth-order valence-corrected chi connectivity index (χ4v) is 3.82. The largest absolute Gasteiger partial charge is 0.452 e. The lowest BCUT2D eigenvalue weighted by Crippen LogP contribution is -2.36. The Morgan fingerprint density at radius 3 is 2.70 bits per heavy atom. The van der Waals surface area contributed by atoms with E-state index in [1.54, 1.807) is 4.90 Å². The Hall–Kier alpha value is -2.15. The molecule has 2 fully saturated rings. The Bertz CT molecular complexity index is 751. The molecule has 0 radical (unpaired) electrons. The summed E-state index contributed by atoms with van der Waals surface area (Å²) < 4.78 is 18.3. The number of benzene rings is 1. The summed E-state index contributed by atoms with van der Waals surface area (Å²) in [7, 11) is 0. The first-order chi connectivity index (χ1) is 12.8. The van der Waals surface area contributed by atoms with Crippen LogP contribution in [0.4, 0.5) is 10.1 Å². The van der Waals surface area contributed by atoms with Crippen LogP contribution in [0.2, 0.25) is 5.02 Å². The van der Waals surface area contributed by atoms with Gasteiger partial charge in [0.25, 0.3) is 5.91 Å². The van der Waals surface area contributed by atoms with Crippen molar-refractivity contribution >= 4 is 35.1 Å². The molecule has 1 aliphatic carbocycles. The lowest BCUT2D eigenvalue weighted by atomic mass is 10.1. The fraction of sp³-hybridized carbons (Fsp3) is 0.526. The summed E-state index contributed by atoms with van der Waals surface area (Å²) in [5, 5.41) is 2.55. The van der Waals surface area contributed by atoms with Crippen molar-refractivity contribution in [2.75, 3.05) is 11.9 Å². The van der Waals surface area contributed by atoms with Gasteiger partial charge in [0.2, 0.25) is 5.91 Å². The van der Waals surface area contributed by atoms with E-state index >= 15 is 0 Å². The molecule has 0 aromatic heterocycles. The first kappa shape index (κ1) is 19.6. The highest BCUT2D eigenvalue weighted by Gasteiger charge is 2.40. The van der Waals surface area contributed by atoms with Gasteiger partial charge in [0.05, 0.1) is 16.6 Å². The molecule has 6 nitrogen and oxygen atoms in total. The molecule has 1 heterocycles. The predicted octanol–water partition coefficient (Wildman–Crippen LogP) is 3.14. The maximum Gasteiger partial charge on any atom is 0.312 e. The van der Waals surface area contributed by atoms with Gasteiger partial charge in [-0.25, -0.2) is 4.39 Å². The van der Waals surface area contributed by atoms with E-state index < -0.39 is 29.7 Å². The molecule has 1 aliphatic heterocycles. The molecule has 2 atom stereocenters. The summed E-state index contributed by atoms with van der Waals surface area (Å²) in [5.74, 6) is -2.23. The topological polar surface area (TPSA) is 75.7 Å². The van der Waals surface area contributed by atoms with Gasteiger partial charge in [0.15, 0.2) is 6.10 Å². The summed E-state index contributed by atoms with van der Waals surface area (Å²) in [6, 6.07) is 3.80. The fourth-order valence-electron chi connectivity index (χ4n) is 3.61. The third-order valence-corrected chi connectivity index (χ3v) is 5.42. The van der Waals surface area contributed by atoms with Gasteiger partial charge >= 0.3 is 5.97 Å². The molecule has 1 saturated heterocycles. The zero-order chi connectivity index (χ0) is 19.6. The highest BCUT2D eigenvalue weighted by Crippen LogP contribution is 2.30. The van der Waals surface area contributed by atoms with Gasteiger partial charge < -0.3 is 15.0 Å². The van der Waals surface area contributed by atoms with Gasteiger partial charge in [0.1, 0.15) is 5.82 Å². The van der Waals surface area contributed by atoms with Crippen molar-refractivity contribution in [2.24, 2.45) is 5.92 Å².